The van der Waals surface area contributed by atoms with Crippen LogP contribution in [0, 0.1) is 11.3 Å². The van der Waals surface area contributed by atoms with E-state index in [9.17, 15) is 23.2 Å². The van der Waals surface area contributed by atoms with Crippen LogP contribution in [0.2, 0.25) is 0 Å². The van der Waals surface area contributed by atoms with Gasteiger partial charge >= 0.3 is 12.1 Å². The Hall–Kier alpha value is -3.84. The van der Waals surface area contributed by atoms with Crippen molar-refractivity contribution in [2.45, 2.75) is 38.0 Å². The lowest BCUT2D eigenvalue weighted by Crippen LogP contribution is -2.24. The summed E-state index contributed by atoms with van der Waals surface area (Å²) in [6.45, 7) is 0.541. The van der Waals surface area contributed by atoms with E-state index in [-0.39, 0.29) is 18.7 Å². The molecule has 0 fully saturated rings. The van der Waals surface area contributed by atoms with Gasteiger partial charge in [0, 0.05) is 17.2 Å². The van der Waals surface area contributed by atoms with E-state index in [4.69, 9.17) is 15.6 Å². The van der Waals surface area contributed by atoms with Crippen molar-refractivity contribution in [1.82, 2.24) is 9.55 Å². The number of benzene rings is 2. The summed E-state index contributed by atoms with van der Waals surface area (Å²) >= 11 is 0. The molecule has 34 heavy (non-hydrogen) atoms. The molecule has 1 atom stereocenters. The van der Waals surface area contributed by atoms with Crippen molar-refractivity contribution < 1.29 is 27.8 Å². The van der Waals surface area contributed by atoms with Crippen molar-refractivity contribution in [2.24, 2.45) is 5.73 Å². The van der Waals surface area contributed by atoms with Gasteiger partial charge in [-0.15, -0.1) is 0 Å². The van der Waals surface area contributed by atoms with Crippen LogP contribution in [0.15, 0.2) is 54.7 Å². The number of para-hydroxylation sites is 1. The minimum absolute atomic E-state index is 0.110. The molecule has 0 spiro atoms. The summed E-state index contributed by atoms with van der Waals surface area (Å²) in [6.07, 6.45) is -2.12. The number of imidazole rings is 1. The molecule has 0 saturated carbocycles. The molecule has 1 heterocycles. The Morgan fingerprint density at radius 1 is 1.21 bits per heavy atom. The third-order valence-corrected chi connectivity index (χ3v) is 5.16. The quantitative estimate of drug-likeness (QED) is 0.422. The fraction of sp³-hybridized carbons (Fsp3) is 0.292. The van der Waals surface area contributed by atoms with Crippen LogP contribution in [0.5, 0.6) is 5.75 Å². The van der Waals surface area contributed by atoms with Gasteiger partial charge in [0.15, 0.2) is 0 Å². The first kappa shape index (κ1) is 24.8. The van der Waals surface area contributed by atoms with Gasteiger partial charge in [0.25, 0.3) is 0 Å². The van der Waals surface area contributed by atoms with Gasteiger partial charge in [-0.2, -0.15) is 18.4 Å². The number of halogens is 3. The fourth-order valence-electron chi connectivity index (χ4n) is 3.46. The van der Waals surface area contributed by atoms with Crippen LogP contribution in [0.3, 0.4) is 0 Å². The number of nitrogens with zero attached hydrogens (tertiary/aromatic N) is 3. The molecule has 10 heteroatoms. The fourth-order valence-corrected chi connectivity index (χ4v) is 3.46. The van der Waals surface area contributed by atoms with Crippen LogP contribution in [0.4, 0.5) is 13.2 Å². The van der Waals surface area contributed by atoms with E-state index in [2.05, 4.69) is 11.1 Å². The van der Waals surface area contributed by atoms with Crippen LogP contribution >= 0.6 is 0 Å². The number of alkyl halides is 3. The van der Waals surface area contributed by atoms with Crippen LogP contribution in [0.1, 0.15) is 36.1 Å². The van der Waals surface area contributed by atoms with E-state index >= 15 is 0 Å². The number of hydrogen-bond donors (Lipinski definition) is 2. The van der Waals surface area contributed by atoms with E-state index in [0.29, 0.717) is 36.6 Å². The highest BCUT2D eigenvalue weighted by atomic mass is 19.4. The summed E-state index contributed by atoms with van der Waals surface area (Å²) in [4.78, 5) is 15.0. The minimum Gasteiger partial charge on any atom is -0.493 e. The number of hydrogen-bond acceptors (Lipinski definition) is 5. The molecule has 0 radical (unpaired) electrons. The van der Waals surface area contributed by atoms with Crippen LogP contribution in [-0.2, 0) is 17.5 Å². The van der Waals surface area contributed by atoms with Gasteiger partial charge in [-0.1, -0.05) is 30.3 Å². The first-order valence-corrected chi connectivity index (χ1v) is 10.5. The average Bonchev–Trinajstić information content (AvgIpc) is 3.19. The highest BCUT2D eigenvalue weighted by molar-refractivity contribution is 5.67. The molecule has 3 aromatic rings. The van der Waals surface area contributed by atoms with Crippen LogP contribution < -0.4 is 10.5 Å². The molecular formula is C24H23F3N4O3. The summed E-state index contributed by atoms with van der Waals surface area (Å²) in [7, 11) is 0. The highest BCUT2D eigenvalue weighted by Gasteiger charge is 2.30. The number of nitrogens with two attached hydrogens (primary N) is 1. The number of rotatable bonds is 10. The van der Waals surface area contributed by atoms with Gasteiger partial charge in [-0.25, -0.2) is 4.98 Å². The molecule has 0 amide bonds. The van der Waals surface area contributed by atoms with E-state index in [1.807, 2.05) is 12.1 Å². The van der Waals surface area contributed by atoms with Crippen LogP contribution in [-0.4, -0.2) is 33.3 Å². The molecule has 3 rings (SSSR count). The Labute approximate surface area is 194 Å². The zero-order valence-electron chi connectivity index (χ0n) is 18.1. The topological polar surface area (TPSA) is 114 Å². The second-order valence-corrected chi connectivity index (χ2v) is 7.70. The average molecular weight is 472 g/mol. The number of aliphatic carboxylic acids is 1. The maximum absolute atomic E-state index is 12.9. The number of carboxylic acid groups (broad SMARTS) is 1. The standard InChI is InChI=1S/C24H23F3N4O3/c25-24(26,27)18-9-7-16(8-10-18)23-30-14-20(13-28)31(23)15-17-4-1-2-6-21(17)34-11-3-5-19(29)12-22(32)33/h1-2,4,6-10,14,19H,3,5,11-12,15,29H2,(H,32,33)/t19-/m1/s1. The third-order valence-electron chi connectivity index (χ3n) is 5.16. The first-order chi connectivity index (χ1) is 16.2. The van der Waals surface area contributed by atoms with Crippen molar-refractivity contribution in [3.63, 3.8) is 0 Å². The molecule has 0 aliphatic carbocycles. The first-order valence-electron chi connectivity index (χ1n) is 10.5. The SMILES string of the molecule is N#Cc1cnc(-c2ccc(C(F)(F)F)cc2)n1Cc1ccccc1OCCC[C@@H](N)CC(=O)O. The maximum Gasteiger partial charge on any atom is 0.416 e. The Bertz CT molecular complexity index is 1170. The predicted octanol–water partition coefficient (Wildman–Crippen LogP) is 4.45. The lowest BCUT2D eigenvalue weighted by molar-refractivity contribution is -0.138. The van der Waals surface area contributed by atoms with Crippen molar-refractivity contribution in [2.75, 3.05) is 6.61 Å². The second-order valence-electron chi connectivity index (χ2n) is 7.70. The van der Waals surface area contributed by atoms with Crippen molar-refractivity contribution in [1.29, 1.82) is 5.26 Å². The molecule has 0 aliphatic heterocycles. The highest BCUT2D eigenvalue weighted by Crippen LogP contribution is 2.31. The Morgan fingerprint density at radius 2 is 1.91 bits per heavy atom. The van der Waals surface area contributed by atoms with Gasteiger partial charge in [0.1, 0.15) is 23.3 Å². The smallest absolute Gasteiger partial charge is 0.416 e. The molecule has 1 aromatic heterocycles. The van der Waals surface area contributed by atoms with Crippen molar-refractivity contribution in [3.05, 3.63) is 71.5 Å². The molecule has 0 bridgehead atoms. The van der Waals surface area contributed by atoms with Gasteiger partial charge in [-0.05, 0) is 31.0 Å². The zero-order valence-corrected chi connectivity index (χ0v) is 18.1. The number of carboxylic acids is 1. The molecule has 0 aliphatic rings. The number of aromatic nitrogens is 2. The number of nitriles is 1. The Morgan fingerprint density at radius 3 is 2.56 bits per heavy atom. The monoisotopic (exact) mass is 472 g/mol. The van der Waals surface area contributed by atoms with E-state index in [1.165, 1.54) is 18.3 Å². The zero-order chi connectivity index (χ0) is 24.7. The molecule has 0 saturated heterocycles. The summed E-state index contributed by atoms with van der Waals surface area (Å²) in [6, 6.07) is 13.4. The Kier molecular flexibility index (Phi) is 7.91. The van der Waals surface area contributed by atoms with Gasteiger partial charge in [0.05, 0.1) is 31.3 Å². The van der Waals surface area contributed by atoms with Gasteiger partial charge < -0.3 is 20.1 Å². The molecular weight excluding hydrogens is 449 g/mol. The predicted molar refractivity (Wildman–Crippen MR) is 118 cm³/mol. The molecule has 0 unspecified atom stereocenters. The third kappa shape index (κ3) is 6.36. The van der Waals surface area contributed by atoms with Crippen LogP contribution in [0.25, 0.3) is 11.4 Å². The summed E-state index contributed by atoms with van der Waals surface area (Å²) in [5, 5.41) is 18.3. The Balaban J connectivity index is 1.77. The normalized spacial score (nSPS) is 12.2. The second kappa shape index (κ2) is 10.9. The minimum atomic E-state index is -4.44. The van der Waals surface area contributed by atoms with E-state index in [0.717, 1.165) is 17.7 Å². The molecule has 2 aromatic carbocycles. The summed E-state index contributed by atoms with van der Waals surface area (Å²) in [5.41, 5.74) is 6.45. The molecule has 178 valence electrons. The van der Waals surface area contributed by atoms with Gasteiger partial charge in [0.2, 0.25) is 0 Å². The van der Waals surface area contributed by atoms with Gasteiger partial charge in [-0.3, -0.25) is 4.79 Å². The summed E-state index contributed by atoms with van der Waals surface area (Å²) < 4.78 is 46.2. The number of ether oxygens (including phenoxy) is 1. The van der Waals surface area contributed by atoms with Crippen molar-refractivity contribution in [3.8, 4) is 23.2 Å². The largest absolute Gasteiger partial charge is 0.493 e. The number of carbonyl (C=O) groups is 1. The molecule has 7 nitrogen and oxygen atoms in total. The summed E-state index contributed by atoms with van der Waals surface area (Å²) in [5.74, 6) is -0.0127. The maximum atomic E-state index is 12.9. The van der Waals surface area contributed by atoms with E-state index in [1.54, 1.807) is 16.7 Å². The van der Waals surface area contributed by atoms with E-state index < -0.39 is 23.8 Å². The lowest BCUT2D eigenvalue weighted by Gasteiger charge is -2.15. The molecule has 3 N–H and O–H groups in total. The van der Waals surface area contributed by atoms with Crippen molar-refractivity contribution >= 4 is 5.97 Å². The lowest BCUT2D eigenvalue weighted by atomic mass is 10.1.